The summed E-state index contributed by atoms with van der Waals surface area (Å²) in [6.07, 6.45) is 0.0940. The van der Waals surface area contributed by atoms with Gasteiger partial charge < -0.3 is 54.2 Å². The average molecular weight is 823 g/mol. The van der Waals surface area contributed by atoms with Crippen LogP contribution in [0.25, 0.3) is 0 Å². The maximum Gasteiger partial charge on any atom is 0.326 e. The van der Waals surface area contributed by atoms with Crippen molar-refractivity contribution < 1.29 is 38.7 Å². The molecular formula is C41H62N10O8. The molecule has 0 aliphatic carbocycles. The number of hydrogen-bond donors (Lipinski definition) is 11. The normalized spacial score (nSPS) is 14.1. The second kappa shape index (κ2) is 25.3. The number of aliphatic carboxylic acids is 1. The first-order valence-electron chi connectivity index (χ1n) is 19.8. The van der Waals surface area contributed by atoms with Crippen molar-refractivity contribution in [3.8, 4) is 0 Å². The molecule has 0 saturated carbocycles. The lowest BCUT2D eigenvalue weighted by atomic mass is 9.99. The van der Waals surface area contributed by atoms with E-state index in [2.05, 4.69) is 31.9 Å². The van der Waals surface area contributed by atoms with Gasteiger partial charge in [0.1, 0.15) is 30.2 Å². The summed E-state index contributed by atoms with van der Waals surface area (Å²) < 4.78 is 0. The van der Waals surface area contributed by atoms with E-state index in [1.165, 1.54) is 0 Å². The van der Waals surface area contributed by atoms with Crippen LogP contribution in [-0.4, -0.2) is 95.3 Å². The summed E-state index contributed by atoms with van der Waals surface area (Å²) in [5, 5.41) is 33.2. The molecular weight excluding hydrogens is 761 g/mol. The van der Waals surface area contributed by atoms with Crippen LogP contribution in [0.3, 0.4) is 0 Å². The molecule has 6 atom stereocenters. The van der Waals surface area contributed by atoms with Crippen LogP contribution in [0.5, 0.6) is 0 Å². The van der Waals surface area contributed by atoms with E-state index in [1.807, 2.05) is 27.7 Å². The number of hydrogen-bond acceptors (Lipinski definition) is 9. The highest BCUT2D eigenvalue weighted by Gasteiger charge is 2.33. The molecule has 324 valence electrons. The summed E-state index contributed by atoms with van der Waals surface area (Å²) in [7, 11) is 0. The molecule has 2 rings (SSSR count). The monoisotopic (exact) mass is 822 g/mol. The Balaban J connectivity index is 2.42. The van der Waals surface area contributed by atoms with Gasteiger partial charge in [-0.25, -0.2) is 4.79 Å². The zero-order chi connectivity index (χ0) is 44.1. The van der Waals surface area contributed by atoms with Crippen LogP contribution >= 0.6 is 0 Å². The minimum Gasteiger partial charge on any atom is -0.480 e. The minimum absolute atomic E-state index is 0.00448. The SMILES string of the molecule is CC(C)C[C@H](NC(=O)[C@@H](N)CC(C)C)C(=O)N[C@@H](Cc1ccccc1)C(=O)N[C@@H](CCCNC(=N)N)C(=O)N[C@@H](CCC(N)=O)C(=O)N[C@@H](Cc1ccccc1)C(=O)O. The molecule has 0 fully saturated rings. The first-order chi connectivity index (χ1) is 27.9. The number of carbonyl (C=O) groups is 7. The molecule has 0 aromatic heterocycles. The highest BCUT2D eigenvalue weighted by atomic mass is 16.4. The molecule has 2 aromatic carbocycles. The highest BCUT2D eigenvalue weighted by molar-refractivity contribution is 5.96. The van der Waals surface area contributed by atoms with Crippen LogP contribution in [0, 0.1) is 17.2 Å². The van der Waals surface area contributed by atoms with E-state index in [0.29, 0.717) is 17.5 Å². The fourth-order valence-electron chi connectivity index (χ4n) is 6.15. The Labute approximate surface area is 345 Å². The number of benzene rings is 2. The van der Waals surface area contributed by atoms with Crippen molar-refractivity contribution in [1.29, 1.82) is 5.41 Å². The van der Waals surface area contributed by atoms with E-state index in [-0.39, 0.29) is 69.3 Å². The summed E-state index contributed by atoms with van der Waals surface area (Å²) in [6, 6.07) is 10.1. The lowest BCUT2D eigenvalue weighted by molar-refractivity contribution is -0.142. The van der Waals surface area contributed by atoms with Gasteiger partial charge in [0.15, 0.2) is 5.96 Å². The van der Waals surface area contributed by atoms with Gasteiger partial charge in [0.25, 0.3) is 0 Å². The molecule has 18 heteroatoms. The quantitative estimate of drug-likeness (QED) is 0.0339. The molecule has 0 aliphatic rings. The molecule has 0 heterocycles. The van der Waals surface area contributed by atoms with Crippen LogP contribution in [0.15, 0.2) is 60.7 Å². The lowest BCUT2D eigenvalue weighted by Crippen LogP contribution is -2.60. The second-order valence-electron chi connectivity index (χ2n) is 15.4. The average Bonchev–Trinajstić information content (AvgIpc) is 3.16. The van der Waals surface area contributed by atoms with Crippen molar-refractivity contribution in [2.45, 2.75) is 115 Å². The van der Waals surface area contributed by atoms with E-state index >= 15 is 0 Å². The lowest BCUT2D eigenvalue weighted by Gasteiger charge is -2.28. The summed E-state index contributed by atoms with van der Waals surface area (Å²) in [5.74, 6) is -5.99. The molecule has 0 radical (unpaired) electrons. The second-order valence-corrected chi connectivity index (χ2v) is 15.4. The van der Waals surface area contributed by atoms with Crippen molar-refractivity contribution in [2.24, 2.45) is 29.0 Å². The number of amides is 6. The third-order valence-corrected chi connectivity index (χ3v) is 9.15. The van der Waals surface area contributed by atoms with E-state index < -0.39 is 77.7 Å². The fourth-order valence-corrected chi connectivity index (χ4v) is 6.15. The molecule has 0 aliphatic heterocycles. The number of rotatable bonds is 26. The molecule has 2 aromatic rings. The molecule has 0 bridgehead atoms. The predicted octanol–water partition coefficient (Wildman–Crippen LogP) is -0.0713. The van der Waals surface area contributed by atoms with Crippen LogP contribution in [-0.2, 0) is 46.4 Å². The van der Waals surface area contributed by atoms with Gasteiger partial charge in [0.05, 0.1) is 6.04 Å². The van der Waals surface area contributed by atoms with Crippen molar-refractivity contribution in [3.63, 3.8) is 0 Å². The Hall–Kier alpha value is -6.04. The van der Waals surface area contributed by atoms with Crippen molar-refractivity contribution in [3.05, 3.63) is 71.8 Å². The molecule has 0 saturated heterocycles. The Bertz CT molecular complexity index is 1710. The Morgan fingerprint density at radius 1 is 0.593 bits per heavy atom. The van der Waals surface area contributed by atoms with Gasteiger partial charge in [-0.05, 0) is 55.1 Å². The Kier molecular flexibility index (Phi) is 21.1. The number of carboxylic acids is 1. The molecule has 18 nitrogen and oxygen atoms in total. The van der Waals surface area contributed by atoms with E-state index in [9.17, 15) is 38.7 Å². The highest BCUT2D eigenvalue weighted by Crippen LogP contribution is 2.12. The van der Waals surface area contributed by atoms with Gasteiger partial charge in [-0.15, -0.1) is 0 Å². The standard InChI is InChI=1S/C41H62N10O8/c1-24(2)20-28(42)35(53)49-31(21-25(3)4)38(56)50-32(22-26-12-7-5-8-13-26)39(57)47-29(16-11-19-46-41(44)45)36(54)48-30(17-18-34(43)52)37(55)51-33(40(58)59)23-27-14-9-6-10-15-27/h5-10,12-15,24-25,28-33H,11,16-23,42H2,1-4H3,(H2,43,52)(H,47,57)(H,48,54)(H,49,53)(H,50,56)(H,51,55)(H,58,59)(H4,44,45,46)/t28-,29-,30-,31-,32-,33-/m0/s1. The topological polar surface area (TPSA) is 314 Å². The van der Waals surface area contributed by atoms with Gasteiger partial charge in [0.2, 0.25) is 35.4 Å². The number of guanidine groups is 1. The Morgan fingerprint density at radius 3 is 1.49 bits per heavy atom. The van der Waals surface area contributed by atoms with Crippen LogP contribution in [0.4, 0.5) is 0 Å². The first-order valence-corrected chi connectivity index (χ1v) is 19.8. The first kappa shape index (κ1) is 49.1. The maximum absolute atomic E-state index is 14.2. The molecule has 59 heavy (non-hydrogen) atoms. The van der Waals surface area contributed by atoms with Gasteiger partial charge in [-0.1, -0.05) is 88.4 Å². The van der Waals surface area contributed by atoms with Crippen LogP contribution in [0.1, 0.15) is 77.3 Å². The molecule has 14 N–H and O–H groups in total. The summed E-state index contributed by atoms with van der Waals surface area (Å²) >= 11 is 0. The predicted molar refractivity (Wildman–Crippen MR) is 222 cm³/mol. The van der Waals surface area contributed by atoms with Gasteiger partial charge in [0, 0.05) is 25.8 Å². The third kappa shape index (κ3) is 19.3. The Morgan fingerprint density at radius 2 is 1.02 bits per heavy atom. The van der Waals surface area contributed by atoms with E-state index in [1.54, 1.807) is 60.7 Å². The number of primary amides is 1. The number of nitrogens with one attached hydrogen (secondary N) is 7. The summed E-state index contributed by atoms with van der Waals surface area (Å²) in [5.41, 5.74) is 18.2. The fraction of sp³-hybridized carbons (Fsp3) is 0.512. The van der Waals surface area contributed by atoms with Crippen LogP contribution < -0.4 is 49.1 Å². The number of carbonyl (C=O) groups excluding carboxylic acids is 6. The smallest absolute Gasteiger partial charge is 0.326 e. The maximum atomic E-state index is 14.2. The molecule has 6 amide bonds. The van der Waals surface area contributed by atoms with Crippen molar-refractivity contribution >= 4 is 47.4 Å². The van der Waals surface area contributed by atoms with Gasteiger partial charge in [-0.3, -0.25) is 34.2 Å². The van der Waals surface area contributed by atoms with Gasteiger partial charge >= 0.3 is 5.97 Å². The summed E-state index contributed by atoms with van der Waals surface area (Å²) in [6.45, 7) is 7.73. The van der Waals surface area contributed by atoms with Crippen molar-refractivity contribution in [1.82, 2.24) is 31.9 Å². The summed E-state index contributed by atoms with van der Waals surface area (Å²) in [4.78, 5) is 92.5. The largest absolute Gasteiger partial charge is 0.480 e. The molecule has 0 spiro atoms. The van der Waals surface area contributed by atoms with Gasteiger partial charge in [-0.2, -0.15) is 0 Å². The zero-order valence-electron chi connectivity index (χ0n) is 34.3. The van der Waals surface area contributed by atoms with E-state index in [4.69, 9.17) is 22.6 Å². The number of nitrogens with two attached hydrogens (primary N) is 3. The third-order valence-electron chi connectivity index (χ3n) is 9.15. The number of carboxylic acid groups (broad SMARTS) is 1. The molecule has 0 unspecified atom stereocenters. The van der Waals surface area contributed by atoms with Crippen molar-refractivity contribution in [2.75, 3.05) is 6.54 Å². The zero-order valence-corrected chi connectivity index (χ0v) is 34.3. The van der Waals surface area contributed by atoms with Crippen LogP contribution in [0.2, 0.25) is 0 Å². The van der Waals surface area contributed by atoms with E-state index in [0.717, 1.165) is 0 Å². The minimum atomic E-state index is -1.44.